The van der Waals surface area contributed by atoms with Crippen molar-refractivity contribution in [2.45, 2.75) is 53.1 Å². The molecule has 0 aromatic rings. The van der Waals surface area contributed by atoms with Gasteiger partial charge >= 0.3 is 12.1 Å². The average Bonchev–Trinajstić information content (AvgIpc) is 2.85. The lowest BCUT2D eigenvalue weighted by atomic mass is 9.70. The summed E-state index contributed by atoms with van der Waals surface area (Å²) in [5.41, 5.74) is -0.840. The quantitative estimate of drug-likeness (QED) is 0.728. The van der Waals surface area contributed by atoms with Crippen LogP contribution in [0.15, 0.2) is 4.99 Å². The summed E-state index contributed by atoms with van der Waals surface area (Å²) in [6.07, 6.45) is 1.05. The SMILES string of the molecule is CCOC(=O)C1C(OCC)=NCC12CCN(C(=O)OC(C)(C)C)CC2. The maximum atomic E-state index is 12.5. The van der Waals surface area contributed by atoms with Gasteiger partial charge in [-0.05, 0) is 47.5 Å². The minimum absolute atomic E-state index is 0.280. The van der Waals surface area contributed by atoms with Crippen molar-refractivity contribution in [2.24, 2.45) is 16.3 Å². The summed E-state index contributed by atoms with van der Waals surface area (Å²) in [7, 11) is 0. The minimum Gasteiger partial charge on any atom is -0.481 e. The van der Waals surface area contributed by atoms with Crippen LogP contribution in [-0.4, -0.2) is 61.3 Å². The number of hydrogen-bond acceptors (Lipinski definition) is 6. The largest absolute Gasteiger partial charge is 0.481 e. The van der Waals surface area contributed by atoms with Gasteiger partial charge in [-0.1, -0.05) is 0 Å². The summed E-state index contributed by atoms with van der Waals surface area (Å²) in [5.74, 6) is -0.280. The highest BCUT2D eigenvalue weighted by atomic mass is 16.6. The lowest BCUT2D eigenvalue weighted by Gasteiger charge is -2.41. The molecule has 2 rings (SSSR count). The van der Waals surface area contributed by atoms with Gasteiger partial charge in [0.05, 0.1) is 13.2 Å². The van der Waals surface area contributed by atoms with Crippen LogP contribution in [0.25, 0.3) is 0 Å². The molecule has 2 aliphatic heterocycles. The Morgan fingerprint density at radius 3 is 2.36 bits per heavy atom. The third-order valence-electron chi connectivity index (χ3n) is 4.63. The van der Waals surface area contributed by atoms with Crippen LogP contribution in [0.1, 0.15) is 47.5 Å². The monoisotopic (exact) mass is 354 g/mol. The van der Waals surface area contributed by atoms with E-state index in [-0.39, 0.29) is 17.5 Å². The van der Waals surface area contributed by atoms with E-state index in [1.807, 2.05) is 27.7 Å². The first-order chi connectivity index (χ1) is 11.7. The second-order valence-electron chi connectivity index (χ2n) is 7.60. The van der Waals surface area contributed by atoms with Crippen LogP contribution in [-0.2, 0) is 19.0 Å². The van der Waals surface area contributed by atoms with Crippen LogP contribution < -0.4 is 0 Å². The van der Waals surface area contributed by atoms with Gasteiger partial charge < -0.3 is 19.1 Å². The highest BCUT2D eigenvalue weighted by Crippen LogP contribution is 2.45. The molecule has 1 amide bonds. The zero-order valence-corrected chi connectivity index (χ0v) is 16.0. The molecule has 1 atom stereocenters. The molecule has 2 heterocycles. The lowest BCUT2D eigenvalue weighted by Crippen LogP contribution is -2.50. The molecule has 25 heavy (non-hydrogen) atoms. The van der Waals surface area contributed by atoms with Crippen molar-refractivity contribution in [3.05, 3.63) is 0 Å². The zero-order valence-electron chi connectivity index (χ0n) is 16.0. The molecule has 0 bridgehead atoms. The second kappa shape index (κ2) is 7.62. The molecule has 0 aromatic heterocycles. The number of ether oxygens (including phenoxy) is 3. The summed E-state index contributed by atoms with van der Waals surface area (Å²) in [4.78, 5) is 31.0. The summed E-state index contributed by atoms with van der Waals surface area (Å²) in [6, 6.07) is 0. The maximum absolute atomic E-state index is 12.5. The maximum Gasteiger partial charge on any atom is 0.410 e. The Kier molecular flexibility index (Phi) is 5.95. The fourth-order valence-corrected chi connectivity index (χ4v) is 3.44. The molecule has 1 spiro atoms. The van der Waals surface area contributed by atoms with E-state index >= 15 is 0 Å². The summed E-state index contributed by atoms with van der Waals surface area (Å²) in [5, 5.41) is 0. The third-order valence-corrected chi connectivity index (χ3v) is 4.63. The number of piperidine rings is 1. The van der Waals surface area contributed by atoms with Crippen LogP contribution in [0.2, 0.25) is 0 Å². The molecule has 0 aliphatic carbocycles. The Bertz CT molecular complexity index is 530. The lowest BCUT2D eigenvalue weighted by molar-refractivity contribution is -0.150. The molecule has 1 unspecified atom stereocenters. The number of hydrogen-bond donors (Lipinski definition) is 0. The highest BCUT2D eigenvalue weighted by molar-refractivity contribution is 6.00. The van der Waals surface area contributed by atoms with Crippen molar-refractivity contribution in [1.82, 2.24) is 4.90 Å². The number of carbonyl (C=O) groups is 2. The van der Waals surface area contributed by atoms with Gasteiger partial charge in [-0.3, -0.25) is 9.79 Å². The van der Waals surface area contributed by atoms with Gasteiger partial charge in [0, 0.05) is 25.0 Å². The van der Waals surface area contributed by atoms with Gasteiger partial charge in [0.25, 0.3) is 0 Å². The third kappa shape index (κ3) is 4.44. The molecule has 0 N–H and O–H groups in total. The van der Waals surface area contributed by atoms with Crippen LogP contribution in [0.3, 0.4) is 0 Å². The average molecular weight is 354 g/mol. The predicted molar refractivity (Wildman–Crippen MR) is 93.5 cm³/mol. The number of esters is 1. The van der Waals surface area contributed by atoms with Crippen molar-refractivity contribution in [2.75, 3.05) is 32.8 Å². The number of rotatable bonds is 3. The van der Waals surface area contributed by atoms with E-state index in [1.54, 1.807) is 11.8 Å². The smallest absolute Gasteiger partial charge is 0.410 e. The fourth-order valence-electron chi connectivity index (χ4n) is 3.44. The van der Waals surface area contributed by atoms with E-state index < -0.39 is 11.5 Å². The number of carbonyl (C=O) groups excluding carboxylic acids is 2. The van der Waals surface area contributed by atoms with Gasteiger partial charge in [-0.2, -0.15) is 0 Å². The zero-order chi connectivity index (χ0) is 18.7. The first-order valence-electron chi connectivity index (χ1n) is 9.04. The number of likely N-dealkylation sites (tertiary alicyclic amines) is 1. The van der Waals surface area contributed by atoms with E-state index in [0.29, 0.717) is 51.6 Å². The summed E-state index contributed by atoms with van der Waals surface area (Å²) in [6.45, 7) is 11.6. The van der Waals surface area contributed by atoms with Crippen molar-refractivity contribution in [3.8, 4) is 0 Å². The second-order valence-corrected chi connectivity index (χ2v) is 7.60. The number of aliphatic imine (C=N–C) groups is 1. The van der Waals surface area contributed by atoms with Gasteiger partial charge in [0.2, 0.25) is 0 Å². The van der Waals surface area contributed by atoms with Gasteiger partial charge in [0.1, 0.15) is 11.5 Å². The molecule has 0 aromatic carbocycles. The van der Waals surface area contributed by atoms with Crippen molar-refractivity contribution in [1.29, 1.82) is 0 Å². The number of amides is 1. The normalized spacial score (nSPS) is 22.5. The molecule has 0 radical (unpaired) electrons. The molecule has 1 saturated heterocycles. The first-order valence-corrected chi connectivity index (χ1v) is 9.04. The molecule has 142 valence electrons. The minimum atomic E-state index is -0.516. The molecule has 1 fully saturated rings. The Labute approximate surface area is 149 Å². The van der Waals surface area contributed by atoms with Crippen LogP contribution >= 0.6 is 0 Å². The Morgan fingerprint density at radius 2 is 1.84 bits per heavy atom. The Morgan fingerprint density at radius 1 is 1.20 bits per heavy atom. The van der Waals surface area contributed by atoms with Crippen molar-refractivity contribution < 1.29 is 23.8 Å². The standard InChI is InChI=1S/C18H30N2O5/c1-6-23-14-13(15(21)24-7-2)18(12-19-14)8-10-20(11-9-18)16(22)25-17(3,4)5/h13H,6-12H2,1-5H3. The highest BCUT2D eigenvalue weighted by Gasteiger charge is 2.53. The Hall–Kier alpha value is -1.79. The summed E-state index contributed by atoms with van der Waals surface area (Å²) < 4.78 is 16.3. The molecule has 2 aliphatic rings. The van der Waals surface area contributed by atoms with Crippen LogP contribution in [0.4, 0.5) is 4.79 Å². The van der Waals surface area contributed by atoms with Crippen LogP contribution in [0, 0.1) is 11.3 Å². The predicted octanol–water partition coefficient (Wildman–Crippen LogP) is 2.63. The Balaban J connectivity index is 2.07. The molecule has 7 nitrogen and oxygen atoms in total. The van der Waals surface area contributed by atoms with E-state index in [9.17, 15) is 9.59 Å². The molecule has 7 heteroatoms. The van der Waals surface area contributed by atoms with Gasteiger partial charge in [-0.25, -0.2) is 4.79 Å². The first kappa shape index (κ1) is 19.5. The topological polar surface area (TPSA) is 77.4 Å². The van der Waals surface area contributed by atoms with E-state index in [2.05, 4.69) is 4.99 Å². The summed E-state index contributed by atoms with van der Waals surface area (Å²) >= 11 is 0. The van der Waals surface area contributed by atoms with E-state index in [4.69, 9.17) is 14.2 Å². The van der Waals surface area contributed by atoms with Gasteiger partial charge in [0.15, 0.2) is 5.90 Å². The fraction of sp³-hybridized carbons (Fsp3) is 0.833. The van der Waals surface area contributed by atoms with Crippen LogP contribution in [0.5, 0.6) is 0 Å². The molecular weight excluding hydrogens is 324 g/mol. The molecular formula is C18H30N2O5. The van der Waals surface area contributed by atoms with Crippen molar-refractivity contribution in [3.63, 3.8) is 0 Å². The van der Waals surface area contributed by atoms with Gasteiger partial charge in [-0.15, -0.1) is 0 Å². The van der Waals surface area contributed by atoms with E-state index in [0.717, 1.165) is 0 Å². The van der Waals surface area contributed by atoms with Crippen molar-refractivity contribution >= 4 is 18.0 Å². The molecule has 0 saturated carbocycles. The number of nitrogens with zero attached hydrogens (tertiary/aromatic N) is 2. The van der Waals surface area contributed by atoms with E-state index in [1.165, 1.54) is 0 Å².